The number of aliphatic hydroxyl groups excluding tert-OH is 1. The van der Waals surface area contributed by atoms with Gasteiger partial charge in [0.25, 0.3) is 0 Å². The van der Waals surface area contributed by atoms with Crippen molar-refractivity contribution in [3.63, 3.8) is 0 Å². The van der Waals surface area contributed by atoms with Gasteiger partial charge in [0.2, 0.25) is 5.91 Å². The van der Waals surface area contributed by atoms with Crippen LogP contribution in [0.25, 0.3) is 0 Å². The van der Waals surface area contributed by atoms with Crippen molar-refractivity contribution in [3.05, 3.63) is 29.8 Å². The third kappa shape index (κ3) is 8.03. The average molecular weight is 307 g/mol. The smallest absolute Gasteiger partial charge is 0.220 e. The third-order valence-electron chi connectivity index (χ3n) is 3.53. The summed E-state index contributed by atoms with van der Waals surface area (Å²) in [5.41, 5.74) is 1.07. The molecule has 2 N–H and O–H groups in total. The molecule has 0 unspecified atom stereocenters. The average Bonchev–Trinajstić information content (AvgIpc) is 2.55. The summed E-state index contributed by atoms with van der Waals surface area (Å²) in [7, 11) is 0. The molecule has 0 spiro atoms. The minimum absolute atomic E-state index is 0.0243. The van der Waals surface area contributed by atoms with E-state index in [1.54, 1.807) is 0 Å². The maximum absolute atomic E-state index is 11.6. The Bertz CT molecular complexity index is 421. The van der Waals surface area contributed by atoms with E-state index in [1.165, 1.54) is 25.7 Å². The monoisotopic (exact) mass is 307 g/mol. The Morgan fingerprint density at radius 2 is 1.95 bits per heavy atom. The lowest BCUT2D eigenvalue weighted by molar-refractivity contribution is -0.121. The van der Waals surface area contributed by atoms with E-state index in [4.69, 9.17) is 9.84 Å². The molecule has 1 aromatic carbocycles. The van der Waals surface area contributed by atoms with Crippen LogP contribution in [0.4, 0.5) is 0 Å². The molecule has 22 heavy (non-hydrogen) atoms. The quantitative estimate of drug-likeness (QED) is 0.583. The fourth-order valence-electron chi connectivity index (χ4n) is 2.27. The second-order valence-electron chi connectivity index (χ2n) is 5.44. The molecule has 0 aliphatic carbocycles. The first-order valence-electron chi connectivity index (χ1n) is 8.36. The number of aliphatic hydroxyl groups is 1. The fraction of sp³-hybridized carbons (Fsp3) is 0.611. The normalized spacial score (nSPS) is 10.5. The summed E-state index contributed by atoms with van der Waals surface area (Å²) in [5.74, 6) is 0.844. The molecule has 4 heteroatoms. The largest absolute Gasteiger partial charge is 0.493 e. The van der Waals surface area contributed by atoms with Crippen LogP contribution in [0.3, 0.4) is 0 Å². The van der Waals surface area contributed by atoms with Crippen LogP contribution in [0.5, 0.6) is 5.75 Å². The van der Waals surface area contributed by atoms with E-state index in [9.17, 15) is 4.79 Å². The number of rotatable bonds is 12. The predicted octanol–water partition coefficient (Wildman–Crippen LogP) is 3.08. The summed E-state index contributed by atoms with van der Waals surface area (Å²) in [6.07, 6.45) is 7.17. The number of carbonyl (C=O) groups is 1. The lowest BCUT2D eigenvalue weighted by atomic mass is 10.1. The molecule has 0 aliphatic rings. The molecule has 1 rings (SSSR count). The molecule has 0 saturated heterocycles. The number of ether oxygens (including phenoxy) is 1. The number of unbranched alkanes of at least 4 members (excludes halogenated alkanes) is 4. The van der Waals surface area contributed by atoms with Gasteiger partial charge in [-0.1, -0.05) is 50.8 Å². The first kappa shape index (κ1) is 18.5. The minimum atomic E-state index is -0.0385. The van der Waals surface area contributed by atoms with Gasteiger partial charge in [0, 0.05) is 13.0 Å². The van der Waals surface area contributed by atoms with E-state index in [-0.39, 0.29) is 12.5 Å². The molecule has 0 saturated carbocycles. The Hall–Kier alpha value is -1.55. The summed E-state index contributed by atoms with van der Waals surface area (Å²) >= 11 is 0. The highest BCUT2D eigenvalue weighted by atomic mass is 16.5. The van der Waals surface area contributed by atoms with Crippen LogP contribution in [-0.2, 0) is 11.2 Å². The zero-order valence-corrected chi connectivity index (χ0v) is 13.6. The van der Waals surface area contributed by atoms with Gasteiger partial charge >= 0.3 is 0 Å². The Morgan fingerprint density at radius 3 is 2.73 bits per heavy atom. The van der Waals surface area contributed by atoms with Crippen molar-refractivity contribution in [2.24, 2.45) is 0 Å². The second kappa shape index (κ2) is 12.0. The molecule has 1 amide bonds. The first-order valence-corrected chi connectivity index (χ1v) is 8.36. The number of para-hydroxylation sites is 1. The van der Waals surface area contributed by atoms with Gasteiger partial charge < -0.3 is 15.2 Å². The number of benzene rings is 1. The van der Waals surface area contributed by atoms with Gasteiger partial charge in [-0.2, -0.15) is 0 Å². The molecule has 0 fully saturated rings. The molecule has 124 valence electrons. The van der Waals surface area contributed by atoms with Gasteiger partial charge in [0.1, 0.15) is 5.75 Å². The van der Waals surface area contributed by atoms with Crippen LogP contribution in [0.1, 0.15) is 51.0 Å². The van der Waals surface area contributed by atoms with Crippen LogP contribution in [0.2, 0.25) is 0 Å². The van der Waals surface area contributed by atoms with Gasteiger partial charge in [0.05, 0.1) is 13.2 Å². The first-order chi connectivity index (χ1) is 10.8. The third-order valence-corrected chi connectivity index (χ3v) is 3.53. The van der Waals surface area contributed by atoms with Gasteiger partial charge in [-0.25, -0.2) is 0 Å². The maximum Gasteiger partial charge on any atom is 0.220 e. The standard InChI is InChI=1S/C18H29NO3/c1-2-3-4-5-8-15-22-17-10-7-6-9-16(17)11-12-18(21)19-13-14-20/h6-7,9-10,20H,2-5,8,11-15H2,1H3,(H,19,21). The topological polar surface area (TPSA) is 58.6 Å². The van der Waals surface area contributed by atoms with E-state index in [0.29, 0.717) is 19.4 Å². The molecule has 0 heterocycles. The van der Waals surface area contributed by atoms with Crippen LogP contribution >= 0.6 is 0 Å². The molecule has 0 bridgehead atoms. The van der Waals surface area contributed by atoms with Gasteiger partial charge in [0.15, 0.2) is 0 Å². The summed E-state index contributed by atoms with van der Waals surface area (Å²) in [6.45, 7) is 3.24. The Morgan fingerprint density at radius 1 is 1.18 bits per heavy atom. The highest BCUT2D eigenvalue weighted by molar-refractivity contribution is 5.76. The van der Waals surface area contributed by atoms with Crippen molar-refractivity contribution >= 4 is 5.91 Å². The van der Waals surface area contributed by atoms with Crippen LogP contribution in [-0.4, -0.2) is 30.8 Å². The van der Waals surface area contributed by atoms with Gasteiger partial charge in [-0.3, -0.25) is 4.79 Å². The fourth-order valence-corrected chi connectivity index (χ4v) is 2.27. The molecule has 0 atom stereocenters. The Kier molecular flexibility index (Phi) is 10.1. The summed E-state index contributed by atoms with van der Waals surface area (Å²) < 4.78 is 5.86. The summed E-state index contributed by atoms with van der Waals surface area (Å²) in [4.78, 5) is 11.6. The second-order valence-corrected chi connectivity index (χ2v) is 5.44. The number of hydrogen-bond donors (Lipinski definition) is 2. The van der Waals surface area contributed by atoms with Crippen LogP contribution in [0, 0.1) is 0 Å². The summed E-state index contributed by atoms with van der Waals surface area (Å²) in [6, 6.07) is 7.90. The SMILES string of the molecule is CCCCCCCOc1ccccc1CCC(=O)NCCO. The van der Waals surface area contributed by atoms with Gasteiger partial charge in [-0.05, 0) is 24.5 Å². The van der Waals surface area contributed by atoms with Crippen LogP contribution < -0.4 is 10.1 Å². The van der Waals surface area contributed by atoms with Crippen molar-refractivity contribution in [2.75, 3.05) is 19.8 Å². The number of aryl methyl sites for hydroxylation is 1. The molecular weight excluding hydrogens is 278 g/mol. The van der Waals surface area contributed by atoms with Crippen molar-refractivity contribution in [1.82, 2.24) is 5.32 Å². The van der Waals surface area contributed by atoms with E-state index in [0.717, 1.165) is 24.3 Å². The lowest BCUT2D eigenvalue weighted by Gasteiger charge is -2.11. The number of carbonyl (C=O) groups excluding carboxylic acids is 1. The van der Waals surface area contributed by atoms with E-state index >= 15 is 0 Å². The Balaban J connectivity index is 2.33. The zero-order valence-electron chi connectivity index (χ0n) is 13.6. The maximum atomic E-state index is 11.6. The summed E-state index contributed by atoms with van der Waals surface area (Å²) in [5, 5.41) is 11.3. The van der Waals surface area contributed by atoms with Crippen molar-refractivity contribution in [2.45, 2.75) is 51.9 Å². The molecule has 0 aliphatic heterocycles. The van der Waals surface area contributed by atoms with E-state index in [1.807, 2.05) is 24.3 Å². The highest BCUT2D eigenvalue weighted by Crippen LogP contribution is 2.20. The molecule has 0 aromatic heterocycles. The highest BCUT2D eigenvalue weighted by Gasteiger charge is 2.06. The zero-order chi connectivity index (χ0) is 16.0. The van der Waals surface area contributed by atoms with E-state index < -0.39 is 0 Å². The Labute approximate surface area is 133 Å². The molecule has 1 aromatic rings. The van der Waals surface area contributed by atoms with Crippen molar-refractivity contribution in [3.8, 4) is 5.75 Å². The molecule has 4 nitrogen and oxygen atoms in total. The van der Waals surface area contributed by atoms with Crippen molar-refractivity contribution in [1.29, 1.82) is 0 Å². The number of amides is 1. The lowest BCUT2D eigenvalue weighted by Crippen LogP contribution is -2.26. The van der Waals surface area contributed by atoms with Crippen LogP contribution in [0.15, 0.2) is 24.3 Å². The van der Waals surface area contributed by atoms with Crippen molar-refractivity contribution < 1.29 is 14.6 Å². The molecular formula is C18H29NO3. The van der Waals surface area contributed by atoms with E-state index in [2.05, 4.69) is 12.2 Å². The number of nitrogens with one attached hydrogen (secondary N) is 1. The molecule has 0 radical (unpaired) electrons. The number of hydrogen-bond acceptors (Lipinski definition) is 3. The van der Waals surface area contributed by atoms with Gasteiger partial charge in [-0.15, -0.1) is 0 Å². The predicted molar refractivity (Wildman–Crippen MR) is 89.1 cm³/mol. The minimum Gasteiger partial charge on any atom is -0.493 e.